The maximum atomic E-state index is 12.3. The molecule has 3 aromatic heterocycles. The summed E-state index contributed by atoms with van der Waals surface area (Å²) in [5.41, 5.74) is 5.98. The number of ether oxygens (including phenoxy) is 1. The van der Waals surface area contributed by atoms with E-state index in [1.165, 1.54) is 11.8 Å². The van der Waals surface area contributed by atoms with Crippen LogP contribution in [0.5, 0.6) is 0 Å². The van der Waals surface area contributed by atoms with Crippen LogP contribution in [-0.2, 0) is 29.7 Å². The molecule has 0 radical (unpaired) electrons. The lowest BCUT2D eigenvalue weighted by Crippen LogP contribution is -2.47. The normalized spacial score (nSPS) is 15.6. The Kier molecular flexibility index (Phi) is 7.39. The van der Waals surface area contributed by atoms with E-state index in [0.29, 0.717) is 29.2 Å². The van der Waals surface area contributed by atoms with Crippen LogP contribution in [0, 0.1) is 0 Å². The predicted molar refractivity (Wildman–Crippen MR) is 121 cm³/mol. The van der Waals surface area contributed by atoms with Gasteiger partial charge < -0.3 is 14.5 Å². The number of hydrazine groups is 1. The topological polar surface area (TPSA) is 124 Å². The van der Waals surface area contributed by atoms with Crippen LogP contribution in [0.2, 0.25) is 0 Å². The van der Waals surface area contributed by atoms with E-state index in [1.807, 2.05) is 29.9 Å². The molecule has 0 aromatic carbocycles. The fourth-order valence-electron chi connectivity index (χ4n) is 3.19. The molecule has 1 aliphatic rings. The highest BCUT2D eigenvalue weighted by molar-refractivity contribution is 7.99. The van der Waals surface area contributed by atoms with Gasteiger partial charge in [0.05, 0.1) is 31.2 Å². The van der Waals surface area contributed by atoms with Gasteiger partial charge in [0.1, 0.15) is 11.5 Å². The van der Waals surface area contributed by atoms with Crippen LogP contribution in [0.15, 0.2) is 40.2 Å². The summed E-state index contributed by atoms with van der Waals surface area (Å²) in [6.07, 6.45) is 5.56. The number of aromatic nitrogens is 5. The van der Waals surface area contributed by atoms with Gasteiger partial charge in [0.15, 0.2) is 16.1 Å². The third-order valence-corrected chi connectivity index (χ3v) is 5.93. The fourth-order valence-corrected chi connectivity index (χ4v) is 4.06. The van der Waals surface area contributed by atoms with Crippen LogP contribution in [0.3, 0.4) is 0 Å². The van der Waals surface area contributed by atoms with Gasteiger partial charge in [0.25, 0.3) is 0 Å². The van der Waals surface area contributed by atoms with Crippen molar-refractivity contribution in [2.45, 2.75) is 37.2 Å². The quantitative estimate of drug-likeness (QED) is 0.248. The molecule has 1 unspecified atom stereocenters. The SMILES string of the molecule is Cn1ccc(-c2nnc(SCC(=O)NNC(=S)NCc3ccco3)n2CC2CCCO2)n1. The minimum absolute atomic E-state index is 0.0981. The summed E-state index contributed by atoms with van der Waals surface area (Å²) in [4.78, 5) is 12.3. The van der Waals surface area contributed by atoms with Crippen LogP contribution in [0.1, 0.15) is 18.6 Å². The minimum atomic E-state index is -0.247. The lowest BCUT2D eigenvalue weighted by Gasteiger charge is -2.14. The molecule has 3 N–H and O–H groups in total. The number of hydrogen-bond donors (Lipinski definition) is 3. The summed E-state index contributed by atoms with van der Waals surface area (Å²) >= 11 is 6.44. The number of amides is 1. The third kappa shape index (κ3) is 5.87. The van der Waals surface area contributed by atoms with Crippen molar-refractivity contribution in [2.24, 2.45) is 7.05 Å². The Hall–Kier alpha value is -2.90. The lowest BCUT2D eigenvalue weighted by atomic mass is 10.2. The van der Waals surface area contributed by atoms with Gasteiger partial charge in [0, 0.05) is 19.9 Å². The second-order valence-electron chi connectivity index (χ2n) is 7.15. The number of carbonyl (C=O) groups is 1. The van der Waals surface area contributed by atoms with E-state index in [2.05, 4.69) is 31.5 Å². The Morgan fingerprint density at radius 1 is 1.34 bits per heavy atom. The van der Waals surface area contributed by atoms with Crippen LogP contribution in [0.25, 0.3) is 11.5 Å². The molecule has 4 heterocycles. The average molecular weight is 477 g/mol. The molecule has 0 spiro atoms. The van der Waals surface area contributed by atoms with Crippen LogP contribution >= 0.6 is 24.0 Å². The number of nitrogens with zero attached hydrogens (tertiary/aromatic N) is 5. The summed E-state index contributed by atoms with van der Waals surface area (Å²) in [7, 11) is 1.85. The van der Waals surface area contributed by atoms with Crippen molar-refractivity contribution < 1.29 is 13.9 Å². The summed E-state index contributed by atoms with van der Waals surface area (Å²) in [6, 6.07) is 5.51. The molecule has 1 aliphatic heterocycles. The van der Waals surface area contributed by atoms with Crippen LogP contribution < -0.4 is 16.2 Å². The molecule has 170 valence electrons. The number of aryl methyl sites for hydroxylation is 1. The second kappa shape index (κ2) is 10.6. The Morgan fingerprint density at radius 3 is 2.97 bits per heavy atom. The summed E-state index contributed by atoms with van der Waals surface area (Å²) < 4.78 is 14.7. The molecule has 1 atom stereocenters. The zero-order valence-electron chi connectivity index (χ0n) is 17.5. The van der Waals surface area contributed by atoms with Crippen molar-refractivity contribution in [1.82, 2.24) is 40.7 Å². The summed E-state index contributed by atoms with van der Waals surface area (Å²) in [6.45, 7) is 1.80. The molecule has 1 amide bonds. The number of hydrogen-bond acceptors (Lipinski definition) is 8. The van der Waals surface area contributed by atoms with Crippen molar-refractivity contribution in [2.75, 3.05) is 12.4 Å². The van der Waals surface area contributed by atoms with E-state index in [4.69, 9.17) is 21.4 Å². The van der Waals surface area contributed by atoms with E-state index in [-0.39, 0.29) is 17.8 Å². The van der Waals surface area contributed by atoms with Gasteiger partial charge in [-0.2, -0.15) is 5.10 Å². The van der Waals surface area contributed by atoms with E-state index in [9.17, 15) is 4.79 Å². The number of furan rings is 1. The van der Waals surface area contributed by atoms with E-state index < -0.39 is 0 Å². The maximum absolute atomic E-state index is 12.3. The first-order valence-corrected chi connectivity index (χ1v) is 11.5. The van der Waals surface area contributed by atoms with Gasteiger partial charge in [-0.3, -0.25) is 24.9 Å². The fraction of sp³-hybridized carbons (Fsp3) is 0.421. The van der Waals surface area contributed by atoms with Gasteiger partial charge >= 0.3 is 0 Å². The van der Waals surface area contributed by atoms with Gasteiger partial charge in [-0.25, -0.2) is 0 Å². The Bertz CT molecular complexity index is 1040. The smallest absolute Gasteiger partial charge is 0.248 e. The van der Waals surface area contributed by atoms with Crippen molar-refractivity contribution in [1.29, 1.82) is 0 Å². The molecule has 1 saturated heterocycles. The van der Waals surface area contributed by atoms with E-state index in [0.717, 1.165) is 30.9 Å². The molecule has 1 fully saturated rings. The number of carbonyl (C=O) groups excluding carboxylic acids is 1. The molecule has 13 heteroatoms. The molecular formula is C19H24N8O3S2. The first kappa shape index (κ1) is 22.3. The molecule has 0 aliphatic carbocycles. The number of rotatable bonds is 8. The number of nitrogens with one attached hydrogen (secondary N) is 3. The lowest BCUT2D eigenvalue weighted by molar-refractivity contribution is -0.119. The summed E-state index contributed by atoms with van der Waals surface area (Å²) in [5, 5.41) is 16.9. The third-order valence-electron chi connectivity index (χ3n) is 4.72. The van der Waals surface area contributed by atoms with Gasteiger partial charge in [-0.15, -0.1) is 10.2 Å². The van der Waals surface area contributed by atoms with Crippen molar-refractivity contribution in [3.63, 3.8) is 0 Å². The van der Waals surface area contributed by atoms with Crippen molar-refractivity contribution >= 4 is 35.0 Å². The molecule has 32 heavy (non-hydrogen) atoms. The maximum Gasteiger partial charge on any atom is 0.248 e. The second-order valence-corrected chi connectivity index (χ2v) is 8.50. The standard InChI is InChI=1S/C19H24N8O3S2/c1-26-7-6-15(25-26)17-22-24-19(27(17)11-14-5-3-9-30-14)32-12-16(28)21-23-18(31)20-10-13-4-2-8-29-13/h2,4,6-8,14H,3,5,9-12H2,1H3,(H,21,28)(H2,20,23,31). The predicted octanol–water partition coefficient (Wildman–Crippen LogP) is 1.24. The van der Waals surface area contributed by atoms with E-state index >= 15 is 0 Å². The van der Waals surface area contributed by atoms with Crippen molar-refractivity contribution in [3.8, 4) is 11.5 Å². The van der Waals surface area contributed by atoms with Crippen LogP contribution in [0.4, 0.5) is 0 Å². The molecule has 3 aromatic rings. The molecule has 11 nitrogen and oxygen atoms in total. The highest BCUT2D eigenvalue weighted by atomic mass is 32.2. The molecular weight excluding hydrogens is 452 g/mol. The molecule has 0 bridgehead atoms. The van der Waals surface area contributed by atoms with Crippen molar-refractivity contribution in [3.05, 3.63) is 36.4 Å². The first-order valence-electron chi connectivity index (χ1n) is 10.1. The number of thioether (sulfide) groups is 1. The monoisotopic (exact) mass is 476 g/mol. The van der Waals surface area contributed by atoms with Crippen LogP contribution in [-0.4, -0.2) is 54.0 Å². The Balaban J connectivity index is 1.32. The van der Waals surface area contributed by atoms with Gasteiger partial charge in [-0.1, -0.05) is 11.8 Å². The number of thiocarbonyl (C=S) groups is 1. The average Bonchev–Trinajstić information content (AvgIpc) is 3.58. The Morgan fingerprint density at radius 2 is 2.25 bits per heavy atom. The zero-order chi connectivity index (χ0) is 22.3. The highest BCUT2D eigenvalue weighted by Gasteiger charge is 2.23. The van der Waals surface area contributed by atoms with Gasteiger partial charge in [-0.05, 0) is 43.3 Å². The minimum Gasteiger partial charge on any atom is -0.467 e. The highest BCUT2D eigenvalue weighted by Crippen LogP contribution is 2.25. The first-order chi connectivity index (χ1) is 15.6. The van der Waals surface area contributed by atoms with Gasteiger partial charge in [0.2, 0.25) is 5.91 Å². The Labute approximate surface area is 194 Å². The van der Waals surface area contributed by atoms with E-state index in [1.54, 1.807) is 17.0 Å². The zero-order valence-corrected chi connectivity index (χ0v) is 19.1. The largest absolute Gasteiger partial charge is 0.467 e. The molecule has 0 saturated carbocycles. The molecule has 4 rings (SSSR count). The summed E-state index contributed by atoms with van der Waals surface area (Å²) in [5.74, 6) is 1.29.